The van der Waals surface area contributed by atoms with Crippen LogP contribution in [0.15, 0.2) is 23.8 Å². The second kappa shape index (κ2) is 20.2. The maximum atomic E-state index is 13.3. The molecular weight excluding hydrogens is 957 g/mol. The van der Waals surface area contributed by atoms with E-state index in [-0.39, 0.29) is 40.9 Å². The normalized spacial score (nSPS) is 55.0. The van der Waals surface area contributed by atoms with Gasteiger partial charge < -0.3 is 94.4 Å². The van der Waals surface area contributed by atoms with Gasteiger partial charge in [-0.1, -0.05) is 65.3 Å². The predicted octanol–water partition coefficient (Wildman–Crippen LogP) is 0.247. The molecular formula is C53H84O20. The largest absolute Gasteiger partial charge is 0.481 e. The standard InChI is InChI=1S/C53H84O20/c1-22-11-14-53(48(65)66)16-15-51(7)26(33(53)23(22)2)9-10-32-50(6)18-27(55)44(49(4,5)31(50)12-13-52(32,51)8)70-30-17-25(19-54)35(59)42(72-45-39(63)36(60)28(56)20-67-45)41(30)71-47-43(37(61)29(57)21-68-47)73-46-40(64)38(62)34(58)24(3)69-46/h9,23-25,27-47,54-64H,1,10-21H2,2-8H3,(H,65,66)/t23-,24+,25+,27-,28+,29-,30+,31-,32+,33-,34+,35+,36+,37-,38-,39+,40+,41-,42-,43+,44-,45-,46-,47-,50-,51+,52+,53-/m0/s1. The highest BCUT2D eigenvalue weighted by Gasteiger charge is 2.71. The smallest absolute Gasteiger partial charge is 0.310 e. The molecule has 0 aromatic rings. The summed E-state index contributed by atoms with van der Waals surface area (Å²) < 4.78 is 43.4. The number of rotatable bonds is 10. The number of hydrogen-bond donors (Lipinski definition) is 12. The van der Waals surface area contributed by atoms with Crippen molar-refractivity contribution in [1.82, 2.24) is 0 Å². The van der Waals surface area contributed by atoms with Crippen molar-refractivity contribution in [3.05, 3.63) is 23.8 Å². The van der Waals surface area contributed by atoms with Crippen molar-refractivity contribution in [1.29, 1.82) is 0 Å². The van der Waals surface area contributed by atoms with E-state index in [0.717, 1.165) is 31.3 Å². The summed E-state index contributed by atoms with van der Waals surface area (Å²) in [6.07, 6.45) is -21.2. The number of hydrogen-bond acceptors (Lipinski definition) is 19. The summed E-state index contributed by atoms with van der Waals surface area (Å²) in [5, 5.41) is 133. The lowest BCUT2D eigenvalue weighted by Gasteiger charge is -2.71. The predicted molar refractivity (Wildman–Crippen MR) is 254 cm³/mol. The number of ether oxygens (including phenoxy) is 7. The first-order valence-electron chi connectivity index (χ1n) is 26.7. The SMILES string of the molecule is C=C1CC[C@]2(C(=O)O)CC[C@]3(C)C(=CC[C@@H]4[C@@]5(C)C[C@H](O)[C@H](O[C@@H]6C[C@H](CO)[C@@H](O)[C@H](O[C@@H]7OC[C@@H](O)[C@@H](O)[C@H]7O)[C@H]6O[C@@H]6OC[C@H](O)[C@H](O)[C@H]6O[C@@H]6O[C@H](C)[C@@H](O)[C@H](O)[C@H]6O)C(C)(C)[C@@H]5CC[C@]43C)[C@@H]2[C@H]1C. The molecule has 3 saturated heterocycles. The summed E-state index contributed by atoms with van der Waals surface area (Å²) in [5.74, 6) is -1.72. The van der Waals surface area contributed by atoms with Gasteiger partial charge in [0.1, 0.15) is 67.1 Å². The fraction of sp³-hybridized carbons (Fsp3) is 0.906. The summed E-state index contributed by atoms with van der Waals surface area (Å²) in [4.78, 5) is 13.3. The Morgan fingerprint density at radius 3 is 2.00 bits per heavy atom. The van der Waals surface area contributed by atoms with E-state index in [2.05, 4.69) is 54.2 Å². The quantitative estimate of drug-likeness (QED) is 0.131. The Morgan fingerprint density at radius 2 is 1.33 bits per heavy atom. The molecule has 8 fully saturated rings. The summed E-state index contributed by atoms with van der Waals surface area (Å²) in [5.41, 5.74) is -0.225. The van der Waals surface area contributed by atoms with E-state index in [1.165, 1.54) is 12.5 Å². The van der Waals surface area contributed by atoms with Crippen molar-refractivity contribution in [2.45, 2.75) is 223 Å². The van der Waals surface area contributed by atoms with Gasteiger partial charge in [-0.2, -0.15) is 0 Å². The van der Waals surface area contributed by atoms with Gasteiger partial charge in [0, 0.05) is 18.4 Å². The highest BCUT2D eigenvalue weighted by Crippen LogP contribution is 2.76. The van der Waals surface area contributed by atoms with Crippen molar-refractivity contribution >= 4 is 5.97 Å². The van der Waals surface area contributed by atoms with Gasteiger partial charge in [0.05, 0.1) is 49.1 Å². The van der Waals surface area contributed by atoms with Gasteiger partial charge in [0.15, 0.2) is 18.9 Å². The second-order valence-corrected chi connectivity index (χ2v) is 25.0. The van der Waals surface area contributed by atoms with E-state index in [1.54, 1.807) is 0 Å². The van der Waals surface area contributed by atoms with Crippen LogP contribution in [-0.2, 0) is 38.0 Å². The molecule has 0 aromatic heterocycles. The molecule has 12 N–H and O–H groups in total. The lowest BCUT2D eigenvalue weighted by Crippen LogP contribution is -2.69. The zero-order valence-corrected chi connectivity index (χ0v) is 43.3. The second-order valence-electron chi connectivity index (χ2n) is 25.0. The number of carbonyl (C=O) groups is 1. The lowest BCUT2D eigenvalue weighted by atomic mass is 9.33. The molecule has 9 rings (SSSR count). The maximum absolute atomic E-state index is 13.3. The van der Waals surface area contributed by atoms with Gasteiger partial charge in [-0.25, -0.2) is 0 Å². The van der Waals surface area contributed by atoms with E-state index in [0.29, 0.717) is 25.7 Å². The van der Waals surface area contributed by atoms with Crippen LogP contribution in [0.4, 0.5) is 0 Å². The molecule has 20 nitrogen and oxygen atoms in total. The number of carboxylic acids is 1. The third kappa shape index (κ3) is 8.85. The van der Waals surface area contributed by atoms with Crippen LogP contribution in [0.25, 0.3) is 0 Å². The van der Waals surface area contributed by atoms with E-state index in [1.807, 2.05) is 0 Å². The molecule has 28 atom stereocenters. The van der Waals surface area contributed by atoms with Crippen molar-refractivity contribution in [2.24, 2.45) is 56.7 Å². The molecule has 416 valence electrons. The topological polar surface area (TPSA) is 324 Å². The average Bonchev–Trinajstić information content (AvgIpc) is 3.33. The van der Waals surface area contributed by atoms with Gasteiger partial charge in [-0.3, -0.25) is 4.79 Å². The third-order valence-electron chi connectivity index (χ3n) is 21.0. The summed E-state index contributed by atoms with van der Waals surface area (Å²) >= 11 is 0. The molecule has 3 aliphatic heterocycles. The monoisotopic (exact) mass is 1040 g/mol. The van der Waals surface area contributed by atoms with Crippen molar-refractivity contribution in [3.63, 3.8) is 0 Å². The Bertz CT molecular complexity index is 2060. The lowest BCUT2D eigenvalue weighted by molar-refractivity contribution is -0.377. The van der Waals surface area contributed by atoms with Crippen LogP contribution >= 0.6 is 0 Å². The van der Waals surface area contributed by atoms with Gasteiger partial charge >= 0.3 is 5.97 Å². The van der Waals surface area contributed by atoms with E-state index < -0.39 is 164 Å². The summed E-state index contributed by atoms with van der Waals surface area (Å²) in [6.45, 7) is 17.6. The Hall–Kier alpha value is -1.77. The molecule has 0 bridgehead atoms. The Labute approximate surface area is 427 Å². The van der Waals surface area contributed by atoms with Gasteiger partial charge in [0.25, 0.3) is 0 Å². The first-order chi connectivity index (χ1) is 34.2. The number of allylic oxidation sites excluding steroid dienone is 3. The highest BCUT2D eigenvalue weighted by molar-refractivity contribution is 5.77. The molecule has 5 saturated carbocycles. The minimum Gasteiger partial charge on any atom is -0.481 e. The molecule has 0 aromatic carbocycles. The molecule has 3 heterocycles. The van der Waals surface area contributed by atoms with E-state index in [4.69, 9.17) is 33.2 Å². The number of fused-ring (bicyclic) bond motifs is 7. The van der Waals surface area contributed by atoms with Crippen molar-refractivity contribution in [2.75, 3.05) is 19.8 Å². The maximum Gasteiger partial charge on any atom is 0.310 e. The summed E-state index contributed by atoms with van der Waals surface area (Å²) in [6, 6.07) is 0. The zero-order chi connectivity index (χ0) is 53.2. The molecule has 0 amide bonds. The minimum atomic E-state index is -1.83. The zero-order valence-electron chi connectivity index (χ0n) is 43.3. The average molecular weight is 1040 g/mol. The highest BCUT2D eigenvalue weighted by atomic mass is 16.8. The van der Waals surface area contributed by atoms with Crippen LogP contribution in [0.2, 0.25) is 0 Å². The van der Waals surface area contributed by atoms with Crippen molar-refractivity contribution < 1.29 is 99.2 Å². The number of aliphatic carboxylic acids is 1. The van der Waals surface area contributed by atoms with Crippen LogP contribution in [-0.4, -0.2) is 204 Å². The third-order valence-corrected chi connectivity index (χ3v) is 21.0. The molecule has 73 heavy (non-hydrogen) atoms. The number of carboxylic acid groups (broad SMARTS) is 1. The number of aliphatic hydroxyl groups is 11. The number of aliphatic hydroxyl groups excluding tert-OH is 11. The molecule has 0 unspecified atom stereocenters. The summed E-state index contributed by atoms with van der Waals surface area (Å²) in [7, 11) is 0. The van der Waals surface area contributed by atoms with Gasteiger partial charge in [-0.05, 0) is 104 Å². The van der Waals surface area contributed by atoms with Crippen LogP contribution in [0, 0.1) is 56.7 Å². The molecule has 0 radical (unpaired) electrons. The van der Waals surface area contributed by atoms with Crippen LogP contribution in [0.5, 0.6) is 0 Å². The van der Waals surface area contributed by atoms with E-state index >= 15 is 0 Å². The van der Waals surface area contributed by atoms with Gasteiger partial charge in [-0.15, -0.1) is 0 Å². The van der Waals surface area contributed by atoms with E-state index in [9.17, 15) is 66.1 Å². The Morgan fingerprint density at radius 1 is 0.699 bits per heavy atom. The first kappa shape index (κ1) is 56.0. The molecule has 0 spiro atoms. The Balaban J connectivity index is 1.04. The minimum absolute atomic E-state index is 0.0117. The molecule has 9 aliphatic rings. The van der Waals surface area contributed by atoms with Crippen LogP contribution in [0.1, 0.15) is 106 Å². The fourth-order valence-corrected chi connectivity index (χ4v) is 16.6. The molecule has 6 aliphatic carbocycles. The van der Waals surface area contributed by atoms with Crippen LogP contribution < -0.4 is 0 Å². The first-order valence-corrected chi connectivity index (χ1v) is 26.7. The molecule has 20 heteroatoms. The van der Waals surface area contributed by atoms with Gasteiger partial charge in [0.2, 0.25) is 0 Å². The van der Waals surface area contributed by atoms with Crippen molar-refractivity contribution in [3.8, 4) is 0 Å². The van der Waals surface area contributed by atoms with Crippen LogP contribution in [0.3, 0.4) is 0 Å². The fourth-order valence-electron chi connectivity index (χ4n) is 16.6. The Kier molecular flexibility index (Phi) is 15.5.